The number of benzene rings is 3. The molecular weight excluding hydrogens is 452 g/mol. The molecule has 6 nitrogen and oxygen atoms in total. The molecule has 0 bridgehead atoms. The van der Waals surface area contributed by atoms with E-state index in [1.165, 1.54) is 0 Å². The van der Waals surface area contributed by atoms with Gasteiger partial charge in [0.15, 0.2) is 5.78 Å². The minimum absolute atomic E-state index is 0.146. The van der Waals surface area contributed by atoms with Crippen molar-refractivity contribution in [1.29, 1.82) is 0 Å². The van der Waals surface area contributed by atoms with E-state index in [4.69, 9.17) is 4.74 Å². The van der Waals surface area contributed by atoms with Crippen LogP contribution in [0.2, 0.25) is 0 Å². The minimum Gasteiger partial charge on any atom is -0.464 e. The number of amides is 1. The molecule has 0 radical (unpaired) electrons. The fraction of sp³-hybridized carbons (Fsp3) is 0.233. The third kappa shape index (κ3) is 3.88. The second-order valence-electron chi connectivity index (χ2n) is 8.98. The topological polar surface area (TPSA) is 66.9 Å². The summed E-state index contributed by atoms with van der Waals surface area (Å²) in [6.07, 6.45) is 3.72. The normalized spacial score (nSPS) is 22.2. The maximum atomic E-state index is 13.9. The molecule has 0 N–H and O–H groups in total. The van der Waals surface area contributed by atoms with Crippen LogP contribution in [0, 0.1) is 0 Å². The Morgan fingerprint density at radius 2 is 1.61 bits per heavy atom. The molecule has 2 unspecified atom stereocenters. The van der Waals surface area contributed by atoms with Gasteiger partial charge in [-0.2, -0.15) is 0 Å². The van der Waals surface area contributed by atoms with Crippen molar-refractivity contribution in [2.75, 3.05) is 18.1 Å². The third-order valence-corrected chi connectivity index (χ3v) is 6.95. The Hall–Kier alpha value is -4.19. The van der Waals surface area contributed by atoms with Gasteiger partial charge in [0, 0.05) is 25.1 Å². The van der Waals surface area contributed by atoms with Gasteiger partial charge >= 0.3 is 5.97 Å². The largest absolute Gasteiger partial charge is 0.464 e. The number of nitrogens with zero attached hydrogens (tertiary/aromatic N) is 2. The van der Waals surface area contributed by atoms with Gasteiger partial charge in [-0.1, -0.05) is 78.9 Å². The van der Waals surface area contributed by atoms with Crippen molar-refractivity contribution in [2.24, 2.45) is 0 Å². The van der Waals surface area contributed by atoms with Crippen LogP contribution in [0.3, 0.4) is 0 Å². The van der Waals surface area contributed by atoms with Crippen LogP contribution in [0.5, 0.6) is 0 Å². The zero-order valence-electron chi connectivity index (χ0n) is 20.2. The molecule has 5 rings (SSSR count). The van der Waals surface area contributed by atoms with E-state index >= 15 is 0 Å². The van der Waals surface area contributed by atoms with Gasteiger partial charge in [-0.25, -0.2) is 4.79 Å². The third-order valence-electron chi connectivity index (χ3n) is 6.95. The van der Waals surface area contributed by atoms with E-state index in [2.05, 4.69) is 0 Å². The molecule has 3 aromatic carbocycles. The molecular formula is C30H28N2O4. The number of anilines is 1. The molecule has 2 atom stereocenters. The Morgan fingerprint density at radius 1 is 0.944 bits per heavy atom. The molecule has 1 fully saturated rings. The Morgan fingerprint density at radius 3 is 2.33 bits per heavy atom. The Kier molecular flexibility index (Phi) is 6.42. The molecule has 1 amide bonds. The van der Waals surface area contributed by atoms with Gasteiger partial charge in [-0.05, 0) is 30.2 Å². The van der Waals surface area contributed by atoms with Gasteiger partial charge in [0.05, 0.1) is 24.4 Å². The monoisotopic (exact) mass is 480 g/mol. The van der Waals surface area contributed by atoms with Gasteiger partial charge in [-0.3, -0.25) is 9.59 Å². The highest BCUT2D eigenvalue weighted by molar-refractivity contribution is 6.16. The molecule has 2 heterocycles. The summed E-state index contributed by atoms with van der Waals surface area (Å²) in [5, 5.41) is 0. The van der Waals surface area contributed by atoms with Gasteiger partial charge < -0.3 is 14.5 Å². The fourth-order valence-corrected chi connectivity index (χ4v) is 5.33. The second kappa shape index (κ2) is 9.82. The maximum Gasteiger partial charge on any atom is 0.340 e. The zero-order chi connectivity index (χ0) is 25.1. The highest BCUT2D eigenvalue weighted by Crippen LogP contribution is 2.46. The second-order valence-corrected chi connectivity index (χ2v) is 8.98. The number of ether oxygens (including phenoxy) is 1. The van der Waals surface area contributed by atoms with Crippen LogP contribution in [0.15, 0.2) is 97.2 Å². The van der Waals surface area contributed by atoms with Crippen molar-refractivity contribution >= 4 is 23.3 Å². The number of esters is 1. The van der Waals surface area contributed by atoms with E-state index in [0.717, 1.165) is 11.1 Å². The summed E-state index contributed by atoms with van der Waals surface area (Å²) in [6, 6.07) is 26.4. The van der Waals surface area contributed by atoms with Crippen LogP contribution in [-0.2, 0) is 20.9 Å². The van der Waals surface area contributed by atoms with E-state index in [9.17, 15) is 14.4 Å². The van der Waals surface area contributed by atoms with Gasteiger partial charge in [0.2, 0.25) is 5.54 Å². The predicted molar refractivity (Wildman–Crippen MR) is 137 cm³/mol. The number of rotatable bonds is 5. The lowest BCUT2D eigenvalue weighted by atomic mass is 9.76. The highest BCUT2D eigenvalue weighted by atomic mass is 16.5. The van der Waals surface area contributed by atoms with E-state index in [1.54, 1.807) is 35.1 Å². The summed E-state index contributed by atoms with van der Waals surface area (Å²) in [5.74, 6) is -1.66. The number of ketones is 1. The molecule has 0 spiro atoms. The molecule has 2 aliphatic heterocycles. The van der Waals surface area contributed by atoms with Crippen molar-refractivity contribution in [3.8, 4) is 0 Å². The van der Waals surface area contributed by atoms with Crippen LogP contribution >= 0.6 is 0 Å². The van der Waals surface area contributed by atoms with Crippen molar-refractivity contribution in [2.45, 2.75) is 31.3 Å². The zero-order valence-corrected chi connectivity index (χ0v) is 20.2. The summed E-state index contributed by atoms with van der Waals surface area (Å²) in [5.41, 5.74) is 1.15. The standard InChI is InChI=1S/C30H28N2O4/c1-2-36-29(35)30-25(23-13-7-4-8-14-23)17-19-31(21-22-11-5-3-6-12-22)28(34)24-15-9-10-16-26(24)32(30)20-18-27(30)33/h3-17,19,25H,2,18,20-21H2,1H3/b19-17+. The van der Waals surface area contributed by atoms with Gasteiger partial charge in [0.1, 0.15) is 0 Å². The SMILES string of the molecule is CCOC(=O)C12C(=O)CCN1c1ccccc1C(=O)N(Cc1ccccc1)/C=C/C2c1ccccc1. The van der Waals surface area contributed by atoms with E-state index < -0.39 is 17.4 Å². The van der Waals surface area contributed by atoms with E-state index in [-0.39, 0.29) is 24.7 Å². The number of hydrogen-bond donors (Lipinski definition) is 0. The number of carbonyl (C=O) groups excluding carboxylic acids is 3. The summed E-state index contributed by atoms with van der Waals surface area (Å²) in [7, 11) is 0. The lowest BCUT2D eigenvalue weighted by molar-refractivity contribution is -0.153. The van der Waals surface area contributed by atoms with Crippen LogP contribution in [0.1, 0.15) is 40.7 Å². The molecule has 182 valence electrons. The Balaban J connectivity index is 1.76. The average Bonchev–Trinajstić information content (AvgIpc) is 3.27. The molecule has 0 aliphatic carbocycles. The first-order valence-electron chi connectivity index (χ1n) is 12.2. The quantitative estimate of drug-likeness (QED) is 0.391. The van der Waals surface area contributed by atoms with Crippen molar-refractivity contribution in [1.82, 2.24) is 4.90 Å². The smallest absolute Gasteiger partial charge is 0.340 e. The van der Waals surface area contributed by atoms with Crippen LogP contribution in [0.25, 0.3) is 0 Å². The number of carbonyl (C=O) groups is 3. The van der Waals surface area contributed by atoms with Gasteiger partial charge in [0.25, 0.3) is 5.91 Å². The predicted octanol–water partition coefficient (Wildman–Crippen LogP) is 4.72. The van der Waals surface area contributed by atoms with E-state index in [1.807, 2.05) is 78.9 Å². The summed E-state index contributed by atoms with van der Waals surface area (Å²) in [4.78, 5) is 45.0. The molecule has 2 aliphatic rings. The van der Waals surface area contributed by atoms with Gasteiger partial charge in [-0.15, -0.1) is 0 Å². The Bertz CT molecular complexity index is 1300. The molecule has 3 aromatic rings. The average molecular weight is 481 g/mol. The van der Waals surface area contributed by atoms with Crippen molar-refractivity contribution in [3.63, 3.8) is 0 Å². The molecule has 1 saturated heterocycles. The minimum atomic E-state index is -1.62. The number of para-hydroxylation sites is 1. The first-order valence-corrected chi connectivity index (χ1v) is 12.2. The molecule has 0 saturated carbocycles. The lowest BCUT2D eigenvalue weighted by Crippen LogP contribution is -2.60. The summed E-state index contributed by atoms with van der Waals surface area (Å²) >= 11 is 0. The van der Waals surface area contributed by atoms with Crippen molar-refractivity contribution < 1.29 is 19.1 Å². The van der Waals surface area contributed by atoms with Crippen LogP contribution in [-0.4, -0.2) is 41.3 Å². The van der Waals surface area contributed by atoms with Crippen molar-refractivity contribution in [3.05, 3.63) is 114 Å². The van der Waals surface area contributed by atoms with Crippen LogP contribution < -0.4 is 4.90 Å². The molecule has 6 heteroatoms. The first kappa shape index (κ1) is 23.5. The number of Topliss-reactive ketones (excluding diaryl/α,β-unsaturated/α-hetero) is 1. The van der Waals surface area contributed by atoms with E-state index in [0.29, 0.717) is 24.3 Å². The molecule has 36 heavy (non-hydrogen) atoms. The molecule has 0 aromatic heterocycles. The fourth-order valence-electron chi connectivity index (χ4n) is 5.33. The summed E-state index contributed by atoms with van der Waals surface area (Å²) in [6.45, 7) is 2.55. The Labute approximate surface area is 210 Å². The van der Waals surface area contributed by atoms with Crippen LogP contribution in [0.4, 0.5) is 5.69 Å². The first-order chi connectivity index (χ1) is 17.6. The summed E-state index contributed by atoms with van der Waals surface area (Å²) < 4.78 is 5.58. The number of hydrogen-bond acceptors (Lipinski definition) is 5. The highest BCUT2D eigenvalue weighted by Gasteiger charge is 2.61. The lowest BCUT2D eigenvalue weighted by Gasteiger charge is -2.41. The number of fused-ring (bicyclic) bond motifs is 3. The maximum absolute atomic E-state index is 13.9.